The molecule has 2 aliphatic heterocycles. The highest BCUT2D eigenvalue weighted by atomic mass is 19.3. The van der Waals surface area contributed by atoms with Crippen LogP contribution in [0.5, 0.6) is 0 Å². The number of nitrogens with zero attached hydrogens (tertiary/aromatic N) is 1. The number of nitrogens with one attached hydrogen (secondary N) is 1. The Morgan fingerprint density at radius 2 is 2.13 bits per heavy atom. The molecule has 0 radical (unpaired) electrons. The maximum Gasteiger partial charge on any atom is 0.261 e. The number of amides is 1. The van der Waals surface area contributed by atoms with E-state index in [9.17, 15) is 18.7 Å². The number of ether oxygens (including phenoxy) is 1. The molecular formula is C16H20F2N2O3. The van der Waals surface area contributed by atoms with Crippen molar-refractivity contribution in [3.05, 3.63) is 35.9 Å². The summed E-state index contributed by atoms with van der Waals surface area (Å²) in [6.07, 6.45) is -1.63. The Hall–Kier alpha value is -1.57. The lowest BCUT2D eigenvalue weighted by Gasteiger charge is -2.23. The Bertz CT molecular complexity index is 556. The Balaban J connectivity index is 1.53. The number of carbonyl (C=O) groups excluding carboxylic acids is 1. The fourth-order valence-electron chi connectivity index (χ4n) is 3.03. The first-order valence-corrected chi connectivity index (χ1v) is 7.70. The van der Waals surface area contributed by atoms with E-state index in [1.165, 1.54) is 0 Å². The highest BCUT2D eigenvalue weighted by Gasteiger charge is 2.42. The third kappa shape index (κ3) is 3.85. The molecular weight excluding hydrogens is 306 g/mol. The Morgan fingerprint density at radius 1 is 1.39 bits per heavy atom. The van der Waals surface area contributed by atoms with Gasteiger partial charge in [0.1, 0.15) is 6.10 Å². The zero-order valence-corrected chi connectivity index (χ0v) is 12.6. The van der Waals surface area contributed by atoms with Crippen molar-refractivity contribution < 1.29 is 23.4 Å². The number of aliphatic hydroxyl groups excluding tert-OH is 1. The van der Waals surface area contributed by atoms with Gasteiger partial charge in [-0.3, -0.25) is 9.69 Å². The van der Waals surface area contributed by atoms with Gasteiger partial charge in [0.25, 0.3) is 11.8 Å². The van der Waals surface area contributed by atoms with E-state index in [2.05, 4.69) is 5.32 Å². The summed E-state index contributed by atoms with van der Waals surface area (Å²) < 4.78 is 31.9. The summed E-state index contributed by atoms with van der Waals surface area (Å²) in [6, 6.07) is 8.16. The monoisotopic (exact) mass is 326 g/mol. The van der Waals surface area contributed by atoms with Gasteiger partial charge < -0.3 is 15.2 Å². The van der Waals surface area contributed by atoms with Crippen LogP contribution in [0.15, 0.2) is 30.3 Å². The van der Waals surface area contributed by atoms with Gasteiger partial charge in [0.2, 0.25) is 0 Å². The van der Waals surface area contributed by atoms with Gasteiger partial charge in [-0.25, -0.2) is 8.78 Å². The Kier molecular flexibility index (Phi) is 4.61. The van der Waals surface area contributed by atoms with Crippen LogP contribution in [0.4, 0.5) is 8.78 Å². The van der Waals surface area contributed by atoms with Crippen molar-refractivity contribution in [3.63, 3.8) is 0 Å². The van der Waals surface area contributed by atoms with Crippen LogP contribution in [0.3, 0.4) is 0 Å². The van der Waals surface area contributed by atoms with Gasteiger partial charge >= 0.3 is 0 Å². The average Bonchev–Trinajstić information content (AvgIpc) is 3.04. The fourth-order valence-corrected chi connectivity index (χ4v) is 3.03. The van der Waals surface area contributed by atoms with E-state index < -0.39 is 24.2 Å². The van der Waals surface area contributed by atoms with Crippen molar-refractivity contribution in [2.24, 2.45) is 0 Å². The van der Waals surface area contributed by atoms with Crippen molar-refractivity contribution in [2.75, 3.05) is 26.2 Å². The van der Waals surface area contributed by atoms with E-state index in [1.54, 1.807) is 29.2 Å². The minimum absolute atomic E-state index is 0.163. The summed E-state index contributed by atoms with van der Waals surface area (Å²) >= 11 is 0. The molecule has 7 heteroatoms. The molecule has 0 saturated carbocycles. The van der Waals surface area contributed by atoms with Crippen molar-refractivity contribution in [3.8, 4) is 0 Å². The van der Waals surface area contributed by atoms with Gasteiger partial charge in [-0.15, -0.1) is 0 Å². The molecule has 2 heterocycles. The van der Waals surface area contributed by atoms with Crippen LogP contribution in [0.25, 0.3) is 0 Å². The topological polar surface area (TPSA) is 61.8 Å². The molecule has 0 spiro atoms. The van der Waals surface area contributed by atoms with E-state index in [0.29, 0.717) is 12.1 Å². The van der Waals surface area contributed by atoms with E-state index in [1.807, 2.05) is 6.07 Å². The van der Waals surface area contributed by atoms with Crippen molar-refractivity contribution in [1.29, 1.82) is 0 Å². The van der Waals surface area contributed by atoms with Gasteiger partial charge in [-0.05, 0) is 12.1 Å². The molecule has 0 bridgehead atoms. The number of hydrogen-bond donors (Lipinski definition) is 2. The summed E-state index contributed by atoms with van der Waals surface area (Å²) in [5.74, 6) is -2.95. The lowest BCUT2D eigenvalue weighted by molar-refractivity contribution is -0.00731. The SMILES string of the molecule is O=C(N[C@H]1CO[C@@H](CN2CCC(F)(F)C2)[C@@H]1O)c1ccccc1. The number of halogens is 2. The van der Waals surface area contributed by atoms with Crippen LogP contribution in [-0.4, -0.2) is 66.3 Å². The van der Waals surface area contributed by atoms with Gasteiger partial charge in [0.15, 0.2) is 0 Å². The number of benzene rings is 1. The third-order valence-electron chi connectivity index (χ3n) is 4.32. The molecule has 2 N–H and O–H groups in total. The summed E-state index contributed by atoms with van der Waals surface area (Å²) in [5, 5.41) is 13.0. The Morgan fingerprint density at radius 3 is 2.78 bits per heavy atom. The second-order valence-electron chi connectivity index (χ2n) is 6.15. The first-order chi connectivity index (χ1) is 10.9. The maximum absolute atomic E-state index is 13.2. The van der Waals surface area contributed by atoms with Crippen molar-refractivity contribution >= 4 is 5.91 Å². The van der Waals surface area contributed by atoms with Crippen LogP contribution in [0.2, 0.25) is 0 Å². The lowest BCUT2D eigenvalue weighted by atomic mass is 10.1. The van der Waals surface area contributed by atoms with Gasteiger partial charge in [-0.2, -0.15) is 0 Å². The Labute approximate surface area is 133 Å². The van der Waals surface area contributed by atoms with E-state index in [0.717, 1.165) is 0 Å². The molecule has 3 rings (SSSR count). The van der Waals surface area contributed by atoms with Crippen molar-refractivity contribution in [2.45, 2.75) is 30.6 Å². The van der Waals surface area contributed by atoms with Gasteiger partial charge in [0.05, 0.1) is 25.3 Å². The van der Waals surface area contributed by atoms with Crippen LogP contribution >= 0.6 is 0 Å². The van der Waals surface area contributed by atoms with Crippen LogP contribution < -0.4 is 5.32 Å². The lowest BCUT2D eigenvalue weighted by Crippen LogP contribution is -2.46. The van der Waals surface area contributed by atoms with E-state index in [4.69, 9.17) is 4.74 Å². The van der Waals surface area contributed by atoms with Crippen LogP contribution in [-0.2, 0) is 4.74 Å². The first kappa shape index (κ1) is 16.3. The second-order valence-corrected chi connectivity index (χ2v) is 6.15. The molecule has 0 aliphatic carbocycles. The molecule has 0 aromatic heterocycles. The zero-order chi connectivity index (χ0) is 16.4. The molecule has 126 valence electrons. The molecule has 0 unspecified atom stereocenters. The third-order valence-corrected chi connectivity index (χ3v) is 4.32. The molecule has 3 atom stereocenters. The van der Waals surface area contributed by atoms with Gasteiger partial charge in [0, 0.05) is 25.1 Å². The fraction of sp³-hybridized carbons (Fsp3) is 0.562. The first-order valence-electron chi connectivity index (χ1n) is 7.70. The van der Waals surface area contributed by atoms with E-state index in [-0.39, 0.29) is 32.0 Å². The number of likely N-dealkylation sites (tertiary alicyclic amines) is 1. The molecule has 1 aromatic carbocycles. The zero-order valence-electron chi connectivity index (χ0n) is 12.6. The molecule has 2 aliphatic rings. The van der Waals surface area contributed by atoms with Crippen LogP contribution in [0.1, 0.15) is 16.8 Å². The molecule has 1 aromatic rings. The van der Waals surface area contributed by atoms with Crippen molar-refractivity contribution in [1.82, 2.24) is 10.2 Å². The quantitative estimate of drug-likeness (QED) is 0.862. The van der Waals surface area contributed by atoms with E-state index >= 15 is 0 Å². The summed E-state index contributed by atoms with van der Waals surface area (Å²) in [7, 11) is 0. The minimum atomic E-state index is -2.66. The maximum atomic E-state index is 13.2. The minimum Gasteiger partial charge on any atom is -0.388 e. The molecule has 23 heavy (non-hydrogen) atoms. The molecule has 2 saturated heterocycles. The number of hydrogen-bond acceptors (Lipinski definition) is 4. The largest absolute Gasteiger partial charge is 0.388 e. The highest BCUT2D eigenvalue weighted by Crippen LogP contribution is 2.28. The van der Waals surface area contributed by atoms with Gasteiger partial charge in [-0.1, -0.05) is 18.2 Å². The average molecular weight is 326 g/mol. The van der Waals surface area contributed by atoms with Crippen LogP contribution in [0, 0.1) is 0 Å². The number of aliphatic hydroxyl groups is 1. The molecule has 1 amide bonds. The summed E-state index contributed by atoms with van der Waals surface area (Å²) in [4.78, 5) is 13.7. The standard InChI is InChI=1S/C16H20F2N2O3/c17-16(18)6-7-20(10-16)8-13-14(21)12(9-23-13)19-15(22)11-4-2-1-3-5-11/h1-5,12-14,21H,6-10H2,(H,19,22)/t12-,13-,14+/m0/s1. The number of rotatable bonds is 4. The number of alkyl halides is 2. The summed E-state index contributed by atoms with van der Waals surface area (Å²) in [5.41, 5.74) is 0.502. The summed E-state index contributed by atoms with van der Waals surface area (Å²) in [6.45, 7) is 0.407. The normalized spacial score (nSPS) is 30.5. The number of carbonyl (C=O) groups is 1. The highest BCUT2D eigenvalue weighted by molar-refractivity contribution is 5.94. The molecule has 5 nitrogen and oxygen atoms in total. The predicted molar refractivity (Wildman–Crippen MR) is 79.4 cm³/mol. The predicted octanol–water partition coefficient (Wildman–Crippen LogP) is 0.886. The second kappa shape index (κ2) is 6.51. The smallest absolute Gasteiger partial charge is 0.261 e. The molecule has 2 fully saturated rings.